The van der Waals surface area contributed by atoms with E-state index in [2.05, 4.69) is 9.71 Å². The number of aryl methyl sites for hydroxylation is 1. The zero-order valence-corrected chi connectivity index (χ0v) is 20.0. The van der Waals surface area contributed by atoms with Crippen LogP contribution in [0.1, 0.15) is 34.3 Å². The van der Waals surface area contributed by atoms with E-state index in [4.69, 9.17) is 4.74 Å². The molecule has 0 radical (unpaired) electrons. The van der Waals surface area contributed by atoms with E-state index in [-0.39, 0.29) is 16.7 Å². The molecule has 0 bridgehead atoms. The number of pyridine rings is 1. The number of sulfonamides is 1. The second-order valence-electron chi connectivity index (χ2n) is 8.60. The largest absolute Gasteiger partial charge is 0.489 e. The van der Waals surface area contributed by atoms with Gasteiger partial charge in [0, 0.05) is 43.2 Å². The van der Waals surface area contributed by atoms with Gasteiger partial charge in [0.2, 0.25) is 10.0 Å². The van der Waals surface area contributed by atoms with Crippen LogP contribution in [0.15, 0.2) is 78.0 Å². The van der Waals surface area contributed by atoms with Crippen molar-refractivity contribution in [2.45, 2.75) is 31.3 Å². The molecular weight excluding hydrogens is 450 g/mol. The molecule has 1 atom stereocenters. The highest BCUT2D eigenvalue weighted by Gasteiger charge is 2.26. The predicted molar refractivity (Wildman–Crippen MR) is 130 cm³/mol. The molecule has 1 unspecified atom stereocenters. The number of hydrogen-bond donors (Lipinski definition) is 1. The monoisotopic (exact) mass is 479 g/mol. The van der Waals surface area contributed by atoms with E-state index in [9.17, 15) is 13.2 Å². The number of carbonyl (C=O) groups is 1. The lowest BCUT2D eigenvalue weighted by atomic mass is 9.97. The fourth-order valence-electron chi connectivity index (χ4n) is 4.00. The lowest BCUT2D eigenvalue weighted by Gasteiger charge is -2.33. The predicted octanol–water partition coefficient (Wildman–Crippen LogP) is 3.80. The second kappa shape index (κ2) is 10.8. The van der Waals surface area contributed by atoms with E-state index in [0.717, 1.165) is 24.0 Å². The molecule has 2 aromatic carbocycles. The molecule has 34 heavy (non-hydrogen) atoms. The molecule has 0 saturated carbocycles. The smallest absolute Gasteiger partial charge is 0.253 e. The Hall–Kier alpha value is -3.23. The summed E-state index contributed by atoms with van der Waals surface area (Å²) in [5.41, 5.74) is 2.52. The van der Waals surface area contributed by atoms with Crippen LogP contribution in [0.3, 0.4) is 0 Å². The summed E-state index contributed by atoms with van der Waals surface area (Å²) in [6, 6.07) is 17.7. The third-order valence-electron chi connectivity index (χ3n) is 5.91. The fraction of sp³-hybridized carbons (Fsp3) is 0.308. The molecule has 4 rings (SSSR count). The van der Waals surface area contributed by atoms with E-state index in [1.807, 2.05) is 31.2 Å². The van der Waals surface area contributed by atoms with Crippen LogP contribution in [0.25, 0.3) is 0 Å². The molecule has 8 heteroatoms. The highest BCUT2D eigenvalue weighted by atomic mass is 32.2. The van der Waals surface area contributed by atoms with Gasteiger partial charge >= 0.3 is 0 Å². The number of carbonyl (C=O) groups excluding carboxylic acids is 1. The minimum Gasteiger partial charge on any atom is -0.489 e. The van der Waals surface area contributed by atoms with Crippen LogP contribution in [-0.4, -0.2) is 43.8 Å². The number of aromatic nitrogens is 1. The van der Waals surface area contributed by atoms with Crippen molar-refractivity contribution in [2.75, 3.05) is 19.6 Å². The van der Waals surface area contributed by atoms with E-state index < -0.39 is 10.0 Å². The van der Waals surface area contributed by atoms with Crippen molar-refractivity contribution in [1.29, 1.82) is 0 Å². The quantitative estimate of drug-likeness (QED) is 0.531. The third kappa shape index (κ3) is 6.21. The molecule has 1 amide bonds. The minimum atomic E-state index is -3.58. The summed E-state index contributed by atoms with van der Waals surface area (Å²) in [4.78, 5) is 19.3. The van der Waals surface area contributed by atoms with Crippen molar-refractivity contribution >= 4 is 15.9 Å². The van der Waals surface area contributed by atoms with Crippen LogP contribution in [0.4, 0.5) is 0 Å². The van der Waals surface area contributed by atoms with Gasteiger partial charge in [0.1, 0.15) is 12.4 Å². The van der Waals surface area contributed by atoms with Gasteiger partial charge in [0.15, 0.2) is 0 Å². The maximum atomic E-state index is 13.1. The molecule has 1 fully saturated rings. The number of nitrogens with one attached hydrogen (secondary N) is 1. The van der Waals surface area contributed by atoms with E-state index in [1.54, 1.807) is 53.7 Å². The van der Waals surface area contributed by atoms with Gasteiger partial charge in [-0.1, -0.05) is 29.8 Å². The van der Waals surface area contributed by atoms with Crippen LogP contribution in [0, 0.1) is 12.8 Å². The Kier molecular flexibility index (Phi) is 7.59. The summed E-state index contributed by atoms with van der Waals surface area (Å²) in [5.74, 6) is 0.606. The van der Waals surface area contributed by atoms with Gasteiger partial charge in [-0.05, 0) is 62.1 Å². The van der Waals surface area contributed by atoms with Crippen molar-refractivity contribution < 1.29 is 17.9 Å². The van der Waals surface area contributed by atoms with Crippen LogP contribution < -0.4 is 9.46 Å². The molecule has 3 aromatic rings. The van der Waals surface area contributed by atoms with Gasteiger partial charge in [-0.25, -0.2) is 13.1 Å². The summed E-state index contributed by atoms with van der Waals surface area (Å²) in [5, 5.41) is 0. The van der Waals surface area contributed by atoms with Gasteiger partial charge in [-0.15, -0.1) is 0 Å². The van der Waals surface area contributed by atoms with Crippen molar-refractivity contribution in [1.82, 2.24) is 14.6 Å². The summed E-state index contributed by atoms with van der Waals surface area (Å²) in [6.07, 6.45) is 5.16. The Labute approximate surface area is 200 Å². The minimum absolute atomic E-state index is 0.0583. The van der Waals surface area contributed by atoms with Gasteiger partial charge in [0.05, 0.1) is 4.90 Å². The Morgan fingerprint density at radius 3 is 2.74 bits per heavy atom. The molecule has 1 aromatic heterocycles. The summed E-state index contributed by atoms with van der Waals surface area (Å²) in [7, 11) is -3.58. The normalized spacial score (nSPS) is 16.3. The van der Waals surface area contributed by atoms with E-state index >= 15 is 0 Å². The van der Waals surface area contributed by atoms with Gasteiger partial charge < -0.3 is 9.64 Å². The van der Waals surface area contributed by atoms with Crippen molar-refractivity contribution in [3.63, 3.8) is 0 Å². The van der Waals surface area contributed by atoms with E-state index in [0.29, 0.717) is 37.6 Å². The zero-order chi connectivity index (χ0) is 24.0. The van der Waals surface area contributed by atoms with Crippen molar-refractivity contribution in [2.24, 2.45) is 5.92 Å². The SMILES string of the molecule is Cc1ccc(S(=O)(=O)NCC2CCCN(C(=O)c3cccc(OCc4cccnc4)c3)C2)cc1. The number of amides is 1. The average Bonchev–Trinajstić information content (AvgIpc) is 2.87. The summed E-state index contributed by atoms with van der Waals surface area (Å²) < 4.78 is 33.8. The molecule has 1 aliphatic heterocycles. The number of nitrogens with zero attached hydrogens (tertiary/aromatic N) is 2. The Morgan fingerprint density at radius 2 is 1.97 bits per heavy atom. The summed E-state index contributed by atoms with van der Waals surface area (Å²) >= 11 is 0. The van der Waals surface area contributed by atoms with Crippen molar-refractivity contribution in [3.05, 3.63) is 89.7 Å². The first-order valence-electron chi connectivity index (χ1n) is 11.4. The molecule has 0 spiro atoms. The average molecular weight is 480 g/mol. The topological polar surface area (TPSA) is 88.6 Å². The van der Waals surface area contributed by atoms with Crippen molar-refractivity contribution in [3.8, 4) is 5.75 Å². The first kappa shape index (κ1) is 23.9. The zero-order valence-electron chi connectivity index (χ0n) is 19.2. The lowest BCUT2D eigenvalue weighted by Crippen LogP contribution is -2.43. The number of likely N-dealkylation sites (tertiary alicyclic amines) is 1. The molecule has 1 N–H and O–H groups in total. The Balaban J connectivity index is 1.34. The maximum absolute atomic E-state index is 13.1. The number of benzene rings is 2. The lowest BCUT2D eigenvalue weighted by molar-refractivity contribution is 0.0676. The number of rotatable bonds is 8. The first-order chi connectivity index (χ1) is 16.4. The Bertz CT molecular complexity index is 1210. The molecule has 7 nitrogen and oxygen atoms in total. The van der Waals surface area contributed by atoms with E-state index in [1.165, 1.54) is 0 Å². The number of piperidine rings is 1. The molecule has 2 heterocycles. The summed E-state index contributed by atoms with van der Waals surface area (Å²) in [6.45, 7) is 3.75. The first-order valence-corrected chi connectivity index (χ1v) is 12.9. The third-order valence-corrected chi connectivity index (χ3v) is 7.35. The Morgan fingerprint density at radius 1 is 1.15 bits per heavy atom. The molecule has 1 saturated heterocycles. The van der Waals surface area contributed by atoms with Crippen LogP contribution in [0.5, 0.6) is 5.75 Å². The molecule has 0 aliphatic carbocycles. The van der Waals surface area contributed by atoms with Crippen LogP contribution >= 0.6 is 0 Å². The molecule has 1 aliphatic rings. The standard InChI is InChI=1S/C26H29N3O4S/c1-20-9-11-25(12-10-20)34(31,32)28-17-21-6-4-14-29(18-21)26(30)23-7-2-8-24(15-23)33-19-22-5-3-13-27-16-22/h2-3,5,7-13,15-16,21,28H,4,6,14,17-19H2,1H3. The molecular formula is C26H29N3O4S. The van der Waals surface area contributed by atoms with Gasteiger partial charge in [-0.3, -0.25) is 9.78 Å². The number of ether oxygens (including phenoxy) is 1. The number of hydrogen-bond acceptors (Lipinski definition) is 5. The molecule has 178 valence electrons. The highest BCUT2D eigenvalue weighted by Crippen LogP contribution is 2.21. The van der Waals surface area contributed by atoms with Gasteiger partial charge in [0.25, 0.3) is 5.91 Å². The van der Waals surface area contributed by atoms with Crippen LogP contribution in [0.2, 0.25) is 0 Å². The maximum Gasteiger partial charge on any atom is 0.253 e. The van der Waals surface area contributed by atoms with Crippen LogP contribution in [-0.2, 0) is 16.6 Å². The van der Waals surface area contributed by atoms with Gasteiger partial charge in [-0.2, -0.15) is 0 Å². The highest BCUT2D eigenvalue weighted by molar-refractivity contribution is 7.89. The second-order valence-corrected chi connectivity index (χ2v) is 10.4. The fourth-order valence-corrected chi connectivity index (χ4v) is 5.11.